The molecule has 0 radical (unpaired) electrons. The number of cyclic esters (lactones) is 1. The number of carbonyl (C=O) groups is 2. The molecule has 0 bridgehead atoms. The van der Waals surface area contributed by atoms with Gasteiger partial charge in [-0.15, -0.1) is 5.10 Å². The second-order valence-electron chi connectivity index (χ2n) is 8.95. The summed E-state index contributed by atoms with van der Waals surface area (Å²) in [6, 6.07) is 7.57. The Morgan fingerprint density at radius 2 is 1.97 bits per heavy atom. The maximum Gasteiger partial charge on any atom is 0.313 e. The Bertz CT molecular complexity index is 1120. The average molecular weight is 467 g/mol. The van der Waals surface area contributed by atoms with Crippen molar-refractivity contribution in [3.8, 4) is 5.69 Å². The van der Waals surface area contributed by atoms with Crippen LogP contribution in [0.3, 0.4) is 0 Å². The topological polar surface area (TPSA) is 93.5 Å². The summed E-state index contributed by atoms with van der Waals surface area (Å²) >= 11 is 0. The lowest BCUT2D eigenvalue weighted by Crippen LogP contribution is -2.50. The fraction of sp³-hybridized carbons (Fsp3) is 0.458. The van der Waals surface area contributed by atoms with Crippen molar-refractivity contribution in [2.24, 2.45) is 5.92 Å². The van der Waals surface area contributed by atoms with E-state index in [0.717, 1.165) is 22.4 Å². The third-order valence-corrected chi connectivity index (χ3v) is 6.95. The molecule has 0 spiro atoms. The summed E-state index contributed by atoms with van der Waals surface area (Å²) in [5.74, 6) is -0.371. The summed E-state index contributed by atoms with van der Waals surface area (Å²) in [6.07, 6.45) is 3.09. The van der Waals surface area contributed by atoms with Crippen molar-refractivity contribution >= 4 is 11.9 Å². The number of tetrazole rings is 1. The Balaban J connectivity index is 1.11. The quantitative estimate of drug-likeness (QED) is 0.596. The van der Waals surface area contributed by atoms with Crippen LogP contribution in [0, 0.1) is 5.92 Å². The van der Waals surface area contributed by atoms with Crippen LogP contribution in [0.15, 0.2) is 53.4 Å². The van der Waals surface area contributed by atoms with E-state index < -0.39 is 6.17 Å². The predicted molar refractivity (Wildman–Crippen MR) is 121 cm³/mol. The van der Waals surface area contributed by atoms with Crippen LogP contribution in [0.2, 0.25) is 0 Å². The first-order chi connectivity index (χ1) is 16.5. The molecule has 1 aromatic carbocycles. The summed E-state index contributed by atoms with van der Waals surface area (Å²) in [5.41, 5.74) is 4.21. The van der Waals surface area contributed by atoms with Crippen molar-refractivity contribution in [2.75, 3.05) is 39.3 Å². The molecule has 2 fully saturated rings. The number of benzene rings is 1. The van der Waals surface area contributed by atoms with E-state index in [9.17, 15) is 9.59 Å². The van der Waals surface area contributed by atoms with Gasteiger partial charge < -0.3 is 9.64 Å². The standard InChI is InChI=1S/C24H27FN6O3/c1-16-19(6-7-20-21(16)14-34-24(20)33)22(25)13-29-8-10-30(11-9-29)23(32)12-17-2-4-18(5-3-17)31-15-26-27-28-31/h2-6,15,20,22H,7-14H2,1H3. The van der Waals surface area contributed by atoms with Crippen molar-refractivity contribution in [3.63, 3.8) is 0 Å². The molecule has 3 heterocycles. The first kappa shape index (κ1) is 22.4. The molecule has 10 heteroatoms. The van der Waals surface area contributed by atoms with Gasteiger partial charge in [0.15, 0.2) is 0 Å². The summed E-state index contributed by atoms with van der Waals surface area (Å²) < 4.78 is 21.9. The lowest BCUT2D eigenvalue weighted by molar-refractivity contribution is -0.141. The first-order valence-corrected chi connectivity index (χ1v) is 11.5. The number of rotatable bonds is 6. The Morgan fingerprint density at radius 1 is 1.21 bits per heavy atom. The zero-order valence-electron chi connectivity index (χ0n) is 19.1. The van der Waals surface area contributed by atoms with Crippen LogP contribution in [0.5, 0.6) is 0 Å². The van der Waals surface area contributed by atoms with Gasteiger partial charge in [-0.2, -0.15) is 0 Å². The molecular weight excluding hydrogens is 439 g/mol. The van der Waals surface area contributed by atoms with Crippen molar-refractivity contribution in [2.45, 2.75) is 25.9 Å². The molecule has 2 aliphatic heterocycles. The molecular formula is C24H27FN6O3. The van der Waals surface area contributed by atoms with Crippen LogP contribution in [-0.2, 0) is 20.7 Å². The minimum Gasteiger partial charge on any atom is -0.461 e. The number of amides is 1. The van der Waals surface area contributed by atoms with Crippen molar-refractivity contribution < 1.29 is 18.7 Å². The van der Waals surface area contributed by atoms with Gasteiger partial charge in [-0.25, -0.2) is 9.07 Å². The van der Waals surface area contributed by atoms with E-state index in [2.05, 4.69) is 20.4 Å². The number of piperazine rings is 1. The molecule has 9 nitrogen and oxygen atoms in total. The van der Waals surface area contributed by atoms with Crippen LogP contribution in [-0.4, -0.2) is 87.4 Å². The van der Waals surface area contributed by atoms with E-state index in [0.29, 0.717) is 44.6 Å². The fourth-order valence-electron chi connectivity index (χ4n) is 4.88. The van der Waals surface area contributed by atoms with Crippen molar-refractivity contribution in [3.05, 3.63) is 59.0 Å². The van der Waals surface area contributed by atoms with Crippen LogP contribution >= 0.6 is 0 Å². The second-order valence-corrected chi connectivity index (χ2v) is 8.95. The van der Waals surface area contributed by atoms with Gasteiger partial charge in [0.1, 0.15) is 19.1 Å². The number of esters is 1. The second kappa shape index (κ2) is 9.46. The predicted octanol–water partition coefficient (Wildman–Crippen LogP) is 1.51. The average Bonchev–Trinajstić information content (AvgIpc) is 3.51. The molecule has 0 saturated carbocycles. The highest BCUT2D eigenvalue weighted by Gasteiger charge is 2.37. The highest BCUT2D eigenvalue weighted by molar-refractivity contribution is 5.81. The van der Waals surface area contributed by atoms with E-state index >= 15 is 4.39 Å². The van der Waals surface area contributed by atoms with E-state index in [1.165, 1.54) is 6.33 Å². The van der Waals surface area contributed by atoms with Gasteiger partial charge in [0.25, 0.3) is 0 Å². The molecule has 0 N–H and O–H groups in total. The van der Waals surface area contributed by atoms with Crippen LogP contribution in [0.1, 0.15) is 18.9 Å². The smallest absolute Gasteiger partial charge is 0.313 e. The van der Waals surface area contributed by atoms with E-state index in [1.54, 1.807) is 4.68 Å². The number of ether oxygens (including phenoxy) is 1. The van der Waals surface area contributed by atoms with E-state index in [1.807, 2.05) is 42.2 Å². The monoisotopic (exact) mass is 466 g/mol. The number of aromatic nitrogens is 4. The van der Waals surface area contributed by atoms with Gasteiger partial charge in [0.2, 0.25) is 5.91 Å². The minimum absolute atomic E-state index is 0.0686. The number of hydrogen-bond donors (Lipinski definition) is 0. The summed E-state index contributed by atoms with van der Waals surface area (Å²) in [4.78, 5) is 28.5. The van der Waals surface area contributed by atoms with Crippen LogP contribution in [0.4, 0.5) is 4.39 Å². The summed E-state index contributed by atoms with van der Waals surface area (Å²) in [7, 11) is 0. The Hall–Kier alpha value is -3.40. The van der Waals surface area contributed by atoms with Crippen LogP contribution in [0.25, 0.3) is 5.69 Å². The molecule has 1 amide bonds. The molecule has 34 heavy (non-hydrogen) atoms. The number of hydrogen-bond acceptors (Lipinski definition) is 7. The zero-order chi connectivity index (χ0) is 23.7. The van der Waals surface area contributed by atoms with E-state index in [-0.39, 0.29) is 30.9 Å². The normalized spacial score (nSPS) is 21.8. The van der Waals surface area contributed by atoms with Crippen LogP contribution < -0.4 is 0 Å². The maximum absolute atomic E-state index is 15.2. The Kier molecular flexibility index (Phi) is 6.23. The first-order valence-electron chi connectivity index (χ1n) is 11.5. The van der Waals surface area contributed by atoms with Gasteiger partial charge in [-0.05, 0) is 58.2 Å². The van der Waals surface area contributed by atoms with Gasteiger partial charge in [-0.3, -0.25) is 14.5 Å². The zero-order valence-corrected chi connectivity index (χ0v) is 19.1. The lowest BCUT2D eigenvalue weighted by atomic mass is 9.83. The number of fused-ring (bicyclic) bond motifs is 1. The number of halogens is 1. The Morgan fingerprint density at radius 3 is 2.68 bits per heavy atom. The fourth-order valence-corrected chi connectivity index (χ4v) is 4.88. The highest BCUT2D eigenvalue weighted by Crippen LogP contribution is 2.37. The third-order valence-electron chi connectivity index (χ3n) is 6.95. The molecule has 1 aliphatic carbocycles. The number of allylic oxidation sites excluding steroid dienone is 2. The van der Waals surface area contributed by atoms with Gasteiger partial charge >= 0.3 is 5.97 Å². The SMILES string of the molecule is CC1=C2COC(=O)C2CC=C1C(F)CN1CCN(C(=O)Cc2ccc(-n3cnnn3)cc2)CC1. The van der Waals surface area contributed by atoms with Gasteiger partial charge in [-0.1, -0.05) is 18.2 Å². The van der Waals surface area contributed by atoms with Crippen molar-refractivity contribution in [1.29, 1.82) is 0 Å². The summed E-state index contributed by atoms with van der Waals surface area (Å²) in [5, 5.41) is 11.1. The van der Waals surface area contributed by atoms with Gasteiger partial charge in [0, 0.05) is 32.7 Å². The molecule has 5 rings (SSSR count). The highest BCUT2D eigenvalue weighted by atomic mass is 19.1. The van der Waals surface area contributed by atoms with E-state index in [4.69, 9.17) is 4.74 Å². The molecule has 178 valence electrons. The molecule has 2 unspecified atom stereocenters. The molecule has 2 aromatic rings. The number of carbonyl (C=O) groups excluding carboxylic acids is 2. The molecule has 2 atom stereocenters. The van der Waals surface area contributed by atoms with Gasteiger partial charge in [0.05, 0.1) is 18.0 Å². The maximum atomic E-state index is 15.2. The third kappa shape index (κ3) is 4.50. The summed E-state index contributed by atoms with van der Waals surface area (Å²) in [6.45, 7) is 4.88. The molecule has 2 saturated heterocycles. The largest absolute Gasteiger partial charge is 0.461 e. The molecule has 1 aromatic heterocycles. The molecule has 3 aliphatic rings. The number of alkyl halides is 1. The van der Waals surface area contributed by atoms with Crippen molar-refractivity contribution in [1.82, 2.24) is 30.0 Å². The Labute approximate surface area is 196 Å². The lowest BCUT2D eigenvalue weighted by Gasteiger charge is -2.36. The minimum atomic E-state index is -1.12. The number of nitrogens with zero attached hydrogens (tertiary/aromatic N) is 6.